The first-order valence-electron chi connectivity index (χ1n) is 14.0. The second kappa shape index (κ2) is 11.4. The fourth-order valence-corrected chi connectivity index (χ4v) is 7.18. The fourth-order valence-electron chi connectivity index (χ4n) is 5.69. The average Bonchev–Trinajstić information content (AvgIpc) is 3.30. The number of pyridine rings is 1. The Morgan fingerprint density at radius 2 is 1.79 bits per heavy atom. The molecule has 6 rings (SSSR count). The van der Waals surface area contributed by atoms with Crippen LogP contribution in [-0.2, 0) is 20.4 Å². The summed E-state index contributed by atoms with van der Waals surface area (Å²) >= 11 is 0. The van der Waals surface area contributed by atoms with E-state index in [9.17, 15) is 18.5 Å². The average molecular weight is 595 g/mol. The van der Waals surface area contributed by atoms with Crippen molar-refractivity contribution < 1.29 is 17.9 Å². The molecule has 0 aliphatic carbocycles. The summed E-state index contributed by atoms with van der Waals surface area (Å²) in [4.78, 5) is 21.6. The van der Waals surface area contributed by atoms with Crippen LogP contribution in [0.15, 0.2) is 96.0 Å². The third-order valence-electron chi connectivity index (χ3n) is 7.65. The minimum atomic E-state index is -4.36. The van der Waals surface area contributed by atoms with Crippen molar-refractivity contribution in [1.82, 2.24) is 10.3 Å². The molecule has 2 aliphatic heterocycles. The van der Waals surface area contributed by atoms with Gasteiger partial charge in [0.25, 0.3) is 15.9 Å². The number of benzene rings is 3. The summed E-state index contributed by atoms with van der Waals surface area (Å²) in [5.74, 6) is -0.584. The van der Waals surface area contributed by atoms with Crippen molar-refractivity contribution >= 4 is 33.0 Å². The maximum atomic E-state index is 15.0. The Bertz CT molecular complexity index is 1820. The van der Waals surface area contributed by atoms with Gasteiger partial charge in [0.05, 0.1) is 34.4 Å². The molecule has 10 nitrogen and oxygen atoms in total. The van der Waals surface area contributed by atoms with Gasteiger partial charge in [0.15, 0.2) is 5.54 Å². The molecule has 0 spiro atoms. The Labute approximate surface area is 250 Å². The van der Waals surface area contributed by atoms with Gasteiger partial charge in [-0.2, -0.15) is 9.57 Å². The molecule has 3 aromatic carbocycles. The maximum absolute atomic E-state index is 15.0. The lowest BCUT2D eigenvalue weighted by Crippen LogP contribution is -2.49. The third-order valence-corrected chi connectivity index (χ3v) is 9.36. The monoisotopic (exact) mass is 594 g/mol. The van der Waals surface area contributed by atoms with E-state index in [-0.39, 0.29) is 28.6 Å². The number of rotatable bonds is 8. The van der Waals surface area contributed by atoms with Crippen molar-refractivity contribution in [2.75, 3.05) is 47.3 Å². The van der Waals surface area contributed by atoms with E-state index in [4.69, 9.17) is 4.74 Å². The summed E-state index contributed by atoms with van der Waals surface area (Å²) in [6.07, 6.45) is 1.55. The van der Waals surface area contributed by atoms with Gasteiger partial charge in [0.1, 0.15) is 0 Å². The molecule has 0 bridgehead atoms. The van der Waals surface area contributed by atoms with E-state index in [1.54, 1.807) is 49.5 Å². The van der Waals surface area contributed by atoms with E-state index >= 15 is 0 Å². The lowest BCUT2D eigenvalue weighted by atomic mass is 9.83. The van der Waals surface area contributed by atoms with E-state index in [0.29, 0.717) is 16.8 Å². The normalized spacial score (nSPS) is 18.2. The molecule has 1 saturated heterocycles. The summed E-state index contributed by atoms with van der Waals surface area (Å²) < 4.78 is 35.0. The van der Waals surface area contributed by atoms with Crippen LogP contribution in [0.2, 0.25) is 0 Å². The number of hydrogen-bond acceptors (Lipinski definition) is 9. The predicted octanol–water partition coefficient (Wildman–Crippen LogP) is 3.85. The third kappa shape index (κ3) is 4.84. The first-order valence-corrected chi connectivity index (χ1v) is 15.5. The highest BCUT2D eigenvalue weighted by Gasteiger charge is 2.58. The van der Waals surface area contributed by atoms with Gasteiger partial charge in [-0.1, -0.05) is 24.3 Å². The molecule has 2 N–H and O–H groups in total. The first-order chi connectivity index (χ1) is 20.9. The number of anilines is 3. The molecule has 2 aliphatic rings. The molecule has 218 valence electrons. The minimum absolute atomic E-state index is 0.0358. The summed E-state index contributed by atoms with van der Waals surface area (Å²) in [7, 11) is -4.36. The van der Waals surface area contributed by atoms with Crippen molar-refractivity contribution in [3.63, 3.8) is 0 Å². The molecule has 1 amide bonds. The van der Waals surface area contributed by atoms with Gasteiger partial charge in [-0.05, 0) is 67.6 Å². The zero-order chi connectivity index (χ0) is 30.0. The zero-order valence-corrected chi connectivity index (χ0v) is 24.3. The van der Waals surface area contributed by atoms with Gasteiger partial charge in [-0.3, -0.25) is 4.79 Å². The molecular weight excluding hydrogens is 564 g/mol. The lowest BCUT2D eigenvalue weighted by molar-refractivity contribution is -0.120. The highest BCUT2D eigenvalue weighted by molar-refractivity contribution is 7.93. The number of carbonyl (C=O) groups is 1. The highest BCUT2D eigenvalue weighted by atomic mass is 32.2. The van der Waals surface area contributed by atoms with Gasteiger partial charge < -0.3 is 20.3 Å². The van der Waals surface area contributed by atoms with Crippen molar-refractivity contribution in [3.05, 3.63) is 108 Å². The van der Waals surface area contributed by atoms with E-state index in [1.807, 2.05) is 24.3 Å². The summed E-state index contributed by atoms with van der Waals surface area (Å²) in [5, 5.41) is 16.6. The summed E-state index contributed by atoms with van der Waals surface area (Å²) in [5.41, 5.74) is 0.795. The van der Waals surface area contributed by atoms with Crippen LogP contribution in [0.25, 0.3) is 0 Å². The molecule has 1 atom stereocenters. The van der Waals surface area contributed by atoms with E-state index in [2.05, 4.69) is 26.6 Å². The largest absolute Gasteiger partial charge is 0.478 e. The van der Waals surface area contributed by atoms with Crippen LogP contribution in [0.1, 0.15) is 23.6 Å². The fraction of sp³-hybridized carbons (Fsp3) is 0.219. The minimum Gasteiger partial charge on any atom is -0.478 e. The second-order valence-corrected chi connectivity index (χ2v) is 12.0. The van der Waals surface area contributed by atoms with Gasteiger partial charge in [0.2, 0.25) is 5.88 Å². The van der Waals surface area contributed by atoms with Gasteiger partial charge in [-0.25, -0.2) is 13.4 Å². The SMILES string of the molecule is CCOc1ncccc1C1(Nc2cccc(N3CCNCC3)c2)C(=O)N(S(=O)(=O)c2ccccc2)c2ccc(C#N)cc21. The van der Waals surface area contributed by atoms with Crippen LogP contribution in [-0.4, -0.2) is 52.1 Å². The Morgan fingerprint density at radius 3 is 2.53 bits per heavy atom. The Kier molecular flexibility index (Phi) is 7.48. The lowest BCUT2D eigenvalue weighted by Gasteiger charge is -2.33. The quantitative estimate of drug-likeness (QED) is 0.313. The van der Waals surface area contributed by atoms with Gasteiger partial charge in [0, 0.05) is 49.3 Å². The molecule has 3 heterocycles. The van der Waals surface area contributed by atoms with Crippen molar-refractivity contribution in [1.29, 1.82) is 5.26 Å². The zero-order valence-electron chi connectivity index (χ0n) is 23.5. The van der Waals surface area contributed by atoms with Crippen LogP contribution in [0.3, 0.4) is 0 Å². The van der Waals surface area contributed by atoms with Crippen LogP contribution in [0.5, 0.6) is 5.88 Å². The highest BCUT2D eigenvalue weighted by Crippen LogP contribution is 2.50. The Hall–Kier alpha value is -4.92. The summed E-state index contributed by atoms with van der Waals surface area (Å²) in [6, 6.07) is 25.6. The van der Waals surface area contributed by atoms with Crippen molar-refractivity contribution in [2.45, 2.75) is 17.4 Å². The number of sulfonamides is 1. The van der Waals surface area contributed by atoms with Crippen molar-refractivity contribution in [3.8, 4) is 11.9 Å². The van der Waals surface area contributed by atoms with E-state index in [1.165, 1.54) is 24.3 Å². The number of piperazine rings is 1. The second-order valence-electron chi connectivity index (χ2n) is 10.2. The number of nitrogens with one attached hydrogen (secondary N) is 2. The molecule has 11 heteroatoms. The molecular formula is C32H30N6O4S. The standard InChI is InChI=1S/C32H30N6O4S/c1-2-42-30-27(12-7-15-35-30)32(36-24-8-6-9-25(21-24)37-18-16-34-17-19-37)28-20-23(22-33)13-14-29(28)38(31(32)39)43(40,41)26-10-4-3-5-11-26/h3-15,20-21,34,36H,2,16-19H2,1H3. The van der Waals surface area contributed by atoms with Gasteiger partial charge in [-0.15, -0.1) is 0 Å². The molecule has 1 aromatic heterocycles. The topological polar surface area (TPSA) is 128 Å². The number of carbonyl (C=O) groups excluding carboxylic acids is 1. The molecule has 1 fully saturated rings. The van der Waals surface area contributed by atoms with Crippen LogP contribution >= 0.6 is 0 Å². The number of nitriles is 1. The number of aromatic nitrogens is 1. The predicted molar refractivity (Wildman–Crippen MR) is 164 cm³/mol. The van der Waals surface area contributed by atoms with Crippen LogP contribution in [0.4, 0.5) is 17.1 Å². The van der Waals surface area contributed by atoms with Crippen LogP contribution in [0, 0.1) is 11.3 Å². The van der Waals surface area contributed by atoms with Crippen molar-refractivity contribution in [2.24, 2.45) is 0 Å². The van der Waals surface area contributed by atoms with E-state index in [0.717, 1.165) is 36.2 Å². The summed E-state index contributed by atoms with van der Waals surface area (Å²) in [6.45, 7) is 5.42. The Balaban J connectivity index is 1.60. The van der Waals surface area contributed by atoms with Crippen LogP contribution < -0.4 is 24.6 Å². The number of nitrogens with zero attached hydrogens (tertiary/aromatic N) is 4. The number of fused-ring (bicyclic) bond motifs is 1. The number of ether oxygens (including phenoxy) is 1. The molecule has 43 heavy (non-hydrogen) atoms. The molecule has 4 aromatic rings. The smallest absolute Gasteiger partial charge is 0.276 e. The van der Waals surface area contributed by atoms with Gasteiger partial charge >= 0.3 is 0 Å². The number of hydrogen-bond donors (Lipinski definition) is 2. The maximum Gasteiger partial charge on any atom is 0.276 e. The van der Waals surface area contributed by atoms with E-state index < -0.39 is 21.5 Å². The molecule has 1 unspecified atom stereocenters. The molecule has 0 radical (unpaired) electrons. The number of amides is 1. The first kappa shape index (κ1) is 28.2. The Morgan fingerprint density at radius 1 is 1.00 bits per heavy atom. The molecule has 0 saturated carbocycles.